The molecular formula is C13H22FN3. The number of aromatic nitrogens is 1. The summed E-state index contributed by atoms with van der Waals surface area (Å²) >= 11 is 0. The summed E-state index contributed by atoms with van der Waals surface area (Å²) in [5.74, 6) is 0.648. The first-order valence-electron chi connectivity index (χ1n) is 6.11. The van der Waals surface area contributed by atoms with Crippen molar-refractivity contribution >= 4 is 5.82 Å². The molecule has 1 aromatic heterocycles. The van der Waals surface area contributed by atoms with Gasteiger partial charge in [-0.1, -0.05) is 13.8 Å². The summed E-state index contributed by atoms with van der Waals surface area (Å²) in [6, 6.07) is 1.89. The lowest BCUT2D eigenvalue weighted by Crippen LogP contribution is -2.20. The predicted molar refractivity (Wildman–Crippen MR) is 69.5 cm³/mol. The number of nitrogens with one attached hydrogen (secondary N) is 2. The number of anilines is 1. The molecule has 0 aliphatic heterocycles. The number of hydrogen-bond acceptors (Lipinski definition) is 3. The van der Waals surface area contributed by atoms with E-state index in [0.29, 0.717) is 23.8 Å². The average molecular weight is 239 g/mol. The minimum absolute atomic E-state index is 0.177. The van der Waals surface area contributed by atoms with Gasteiger partial charge < -0.3 is 10.6 Å². The SMILES string of the molecule is CC(C)CNCc1ccnc(NC(C)C)c1F. The number of pyridine rings is 1. The molecule has 0 spiro atoms. The molecule has 96 valence electrons. The van der Waals surface area contributed by atoms with E-state index >= 15 is 0 Å². The summed E-state index contributed by atoms with van der Waals surface area (Å²) in [6.07, 6.45) is 1.64. The Morgan fingerprint density at radius 2 is 2.00 bits per heavy atom. The van der Waals surface area contributed by atoms with Gasteiger partial charge in [0, 0.05) is 24.3 Å². The van der Waals surface area contributed by atoms with E-state index < -0.39 is 0 Å². The third kappa shape index (κ3) is 4.69. The lowest BCUT2D eigenvalue weighted by molar-refractivity contribution is 0.534. The van der Waals surface area contributed by atoms with Gasteiger partial charge in [0.05, 0.1) is 0 Å². The van der Waals surface area contributed by atoms with Crippen molar-refractivity contribution in [2.24, 2.45) is 5.92 Å². The standard InChI is InChI=1S/C13H22FN3/c1-9(2)7-15-8-11-5-6-16-13(12(11)14)17-10(3)4/h5-6,9-10,15H,7-8H2,1-4H3,(H,16,17). The third-order valence-corrected chi connectivity index (χ3v) is 2.26. The van der Waals surface area contributed by atoms with Crippen LogP contribution in [0, 0.1) is 11.7 Å². The van der Waals surface area contributed by atoms with Gasteiger partial charge >= 0.3 is 0 Å². The first-order valence-corrected chi connectivity index (χ1v) is 6.11. The second-order valence-corrected chi connectivity index (χ2v) is 4.96. The maximum absolute atomic E-state index is 14.0. The molecule has 0 fully saturated rings. The maximum Gasteiger partial charge on any atom is 0.169 e. The predicted octanol–water partition coefficient (Wildman–Crippen LogP) is 2.79. The van der Waals surface area contributed by atoms with Gasteiger partial charge in [-0.3, -0.25) is 0 Å². The Hall–Kier alpha value is -1.16. The van der Waals surface area contributed by atoms with Gasteiger partial charge in [-0.2, -0.15) is 0 Å². The van der Waals surface area contributed by atoms with E-state index in [0.717, 1.165) is 6.54 Å². The third-order valence-electron chi connectivity index (χ3n) is 2.26. The largest absolute Gasteiger partial charge is 0.365 e. The van der Waals surface area contributed by atoms with Gasteiger partial charge in [-0.05, 0) is 32.4 Å². The molecule has 0 amide bonds. The molecule has 1 rings (SSSR count). The lowest BCUT2D eigenvalue weighted by Gasteiger charge is -2.13. The summed E-state index contributed by atoms with van der Waals surface area (Å²) in [4.78, 5) is 4.01. The normalized spacial score (nSPS) is 11.2. The highest BCUT2D eigenvalue weighted by atomic mass is 19.1. The van der Waals surface area contributed by atoms with Crippen molar-refractivity contribution in [3.63, 3.8) is 0 Å². The van der Waals surface area contributed by atoms with Crippen LogP contribution < -0.4 is 10.6 Å². The molecule has 2 N–H and O–H groups in total. The van der Waals surface area contributed by atoms with Crippen molar-refractivity contribution in [2.45, 2.75) is 40.3 Å². The van der Waals surface area contributed by atoms with Crippen LogP contribution in [0.2, 0.25) is 0 Å². The van der Waals surface area contributed by atoms with Crippen molar-refractivity contribution in [2.75, 3.05) is 11.9 Å². The summed E-state index contributed by atoms with van der Waals surface area (Å²) in [6.45, 7) is 9.60. The molecule has 17 heavy (non-hydrogen) atoms. The van der Waals surface area contributed by atoms with Gasteiger partial charge in [0.2, 0.25) is 0 Å². The van der Waals surface area contributed by atoms with Crippen LogP contribution in [0.5, 0.6) is 0 Å². The zero-order valence-electron chi connectivity index (χ0n) is 11.0. The van der Waals surface area contributed by atoms with Crippen molar-refractivity contribution in [3.05, 3.63) is 23.6 Å². The fourth-order valence-corrected chi connectivity index (χ4v) is 1.49. The highest BCUT2D eigenvalue weighted by molar-refractivity contribution is 5.40. The number of halogens is 1. The molecule has 0 radical (unpaired) electrons. The zero-order valence-corrected chi connectivity index (χ0v) is 11.0. The molecule has 0 saturated carbocycles. The van der Waals surface area contributed by atoms with Crippen LogP contribution in [0.4, 0.5) is 10.2 Å². The maximum atomic E-state index is 14.0. The Bertz CT molecular complexity index is 351. The monoisotopic (exact) mass is 239 g/mol. The Balaban J connectivity index is 2.66. The van der Waals surface area contributed by atoms with Gasteiger partial charge in [-0.15, -0.1) is 0 Å². The first kappa shape index (κ1) is 13.9. The van der Waals surface area contributed by atoms with E-state index in [1.165, 1.54) is 0 Å². The summed E-state index contributed by atoms with van der Waals surface area (Å²) in [7, 11) is 0. The number of rotatable bonds is 6. The van der Waals surface area contributed by atoms with Crippen LogP contribution in [-0.4, -0.2) is 17.6 Å². The van der Waals surface area contributed by atoms with Crippen LogP contribution >= 0.6 is 0 Å². The minimum atomic E-state index is -0.252. The van der Waals surface area contributed by atoms with E-state index in [2.05, 4.69) is 29.5 Å². The Morgan fingerprint density at radius 3 is 2.59 bits per heavy atom. The minimum Gasteiger partial charge on any atom is -0.365 e. The molecular weight excluding hydrogens is 217 g/mol. The topological polar surface area (TPSA) is 37.0 Å². The molecule has 0 aliphatic rings. The fourth-order valence-electron chi connectivity index (χ4n) is 1.49. The molecule has 0 saturated heterocycles. The Morgan fingerprint density at radius 1 is 1.29 bits per heavy atom. The van der Waals surface area contributed by atoms with E-state index in [1.807, 2.05) is 13.8 Å². The fraction of sp³-hybridized carbons (Fsp3) is 0.615. The Labute approximate surface area is 103 Å². The molecule has 0 atom stereocenters. The second kappa shape index (κ2) is 6.55. The van der Waals surface area contributed by atoms with Crippen LogP contribution in [0.25, 0.3) is 0 Å². The average Bonchev–Trinajstić information content (AvgIpc) is 2.22. The molecule has 0 aromatic carbocycles. The van der Waals surface area contributed by atoms with Gasteiger partial charge in [0.25, 0.3) is 0 Å². The Kier molecular flexibility index (Phi) is 5.35. The van der Waals surface area contributed by atoms with Crippen molar-refractivity contribution in [1.29, 1.82) is 0 Å². The number of nitrogens with zero attached hydrogens (tertiary/aromatic N) is 1. The van der Waals surface area contributed by atoms with Crippen LogP contribution in [0.3, 0.4) is 0 Å². The molecule has 0 aliphatic carbocycles. The van der Waals surface area contributed by atoms with Crippen LogP contribution in [0.1, 0.15) is 33.3 Å². The van der Waals surface area contributed by atoms with Crippen LogP contribution in [0.15, 0.2) is 12.3 Å². The van der Waals surface area contributed by atoms with Crippen molar-refractivity contribution in [3.8, 4) is 0 Å². The van der Waals surface area contributed by atoms with Crippen molar-refractivity contribution < 1.29 is 4.39 Å². The summed E-state index contributed by atoms with van der Waals surface area (Å²) in [5.41, 5.74) is 0.656. The van der Waals surface area contributed by atoms with E-state index in [-0.39, 0.29) is 11.9 Å². The molecule has 1 aromatic rings. The van der Waals surface area contributed by atoms with Gasteiger partial charge in [-0.25, -0.2) is 9.37 Å². The van der Waals surface area contributed by atoms with Gasteiger partial charge in [0.15, 0.2) is 11.6 Å². The second-order valence-electron chi connectivity index (χ2n) is 4.96. The highest BCUT2D eigenvalue weighted by Crippen LogP contribution is 2.15. The molecule has 0 bridgehead atoms. The van der Waals surface area contributed by atoms with E-state index in [4.69, 9.17) is 0 Å². The molecule has 3 nitrogen and oxygen atoms in total. The van der Waals surface area contributed by atoms with E-state index in [9.17, 15) is 4.39 Å². The van der Waals surface area contributed by atoms with Crippen molar-refractivity contribution in [1.82, 2.24) is 10.3 Å². The van der Waals surface area contributed by atoms with Gasteiger partial charge in [0.1, 0.15) is 0 Å². The lowest BCUT2D eigenvalue weighted by atomic mass is 10.2. The molecule has 1 heterocycles. The molecule has 0 unspecified atom stereocenters. The smallest absolute Gasteiger partial charge is 0.169 e. The van der Waals surface area contributed by atoms with Crippen LogP contribution in [-0.2, 0) is 6.54 Å². The van der Waals surface area contributed by atoms with E-state index in [1.54, 1.807) is 12.3 Å². The molecule has 4 heteroatoms. The summed E-state index contributed by atoms with van der Waals surface area (Å²) < 4.78 is 14.0. The number of hydrogen-bond donors (Lipinski definition) is 2. The first-order chi connectivity index (χ1) is 8.00. The summed E-state index contributed by atoms with van der Waals surface area (Å²) in [5, 5.41) is 6.23. The quantitative estimate of drug-likeness (QED) is 0.801. The zero-order chi connectivity index (χ0) is 12.8. The highest BCUT2D eigenvalue weighted by Gasteiger charge is 2.09.